The van der Waals surface area contributed by atoms with Crippen LogP contribution >= 0.6 is 11.6 Å². The van der Waals surface area contributed by atoms with Crippen LogP contribution in [0, 0.1) is 6.92 Å². The van der Waals surface area contributed by atoms with Crippen LogP contribution < -0.4 is 11.2 Å². The second-order valence-electron chi connectivity index (χ2n) is 3.43. The summed E-state index contributed by atoms with van der Waals surface area (Å²) in [5, 5.41) is 4.61. The highest BCUT2D eigenvalue weighted by Gasteiger charge is 2.04. The van der Waals surface area contributed by atoms with E-state index in [2.05, 4.69) is 5.10 Å². The molecular weight excluding hydrogens is 226 g/mol. The van der Waals surface area contributed by atoms with E-state index in [0.717, 1.165) is 5.69 Å². The maximum Gasteiger partial charge on any atom is 0.224 e. The number of anilines is 1. The van der Waals surface area contributed by atoms with Gasteiger partial charge in [-0.3, -0.25) is 4.79 Å². The van der Waals surface area contributed by atoms with Gasteiger partial charge < -0.3 is 5.73 Å². The summed E-state index contributed by atoms with van der Waals surface area (Å²) in [6.45, 7) is 1.79. The van der Waals surface area contributed by atoms with Gasteiger partial charge in [-0.1, -0.05) is 17.7 Å². The van der Waals surface area contributed by atoms with E-state index in [0.29, 0.717) is 10.7 Å². The molecule has 2 aromatic rings. The number of nitrogens with two attached hydrogens (primary N) is 1. The molecule has 0 fully saturated rings. The van der Waals surface area contributed by atoms with Gasteiger partial charge in [0, 0.05) is 16.8 Å². The first kappa shape index (κ1) is 10.7. The number of benzene rings is 1. The van der Waals surface area contributed by atoms with Crippen molar-refractivity contribution in [2.45, 2.75) is 6.92 Å². The number of hydrogen-bond donors (Lipinski definition) is 1. The Bertz CT molecular complexity index is 592. The van der Waals surface area contributed by atoms with Crippen molar-refractivity contribution in [1.29, 1.82) is 0 Å². The number of halogens is 1. The van der Waals surface area contributed by atoms with E-state index >= 15 is 0 Å². The van der Waals surface area contributed by atoms with E-state index in [9.17, 15) is 4.79 Å². The molecule has 4 nitrogen and oxygen atoms in total. The summed E-state index contributed by atoms with van der Waals surface area (Å²) >= 11 is 5.88. The normalized spacial score (nSPS) is 10.4. The Morgan fingerprint density at radius 1 is 1.38 bits per heavy atom. The van der Waals surface area contributed by atoms with Gasteiger partial charge in [-0.25, -0.2) is 4.68 Å². The Morgan fingerprint density at radius 2 is 2.12 bits per heavy atom. The third kappa shape index (κ3) is 1.92. The maximum absolute atomic E-state index is 11.3. The van der Waals surface area contributed by atoms with Crippen LogP contribution in [0.4, 0.5) is 5.82 Å². The smallest absolute Gasteiger partial charge is 0.224 e. The molecule has 82 valence electrons. The van der Waals surface area contributed by atoms with Crippen molar-refractivity contribution in [3.05, 3.63) is 51.3 Å². The third-order valence-electron chi connectivity index (χ3n) is 2.19. The molecule has 5 heteroatoms. The van der Waals surface area contributed by atoms with Crippen molar-refractivity contribution < 1.29 is 0 Å². The molecule has 0 aliphatic carbocycles. The van der Waals surface area contributed by atoms with E-state index in [1.54, 1.807) is 23.7 Å². The largest absolute Gasteiger partial charge is 0.379 e. The molecule has 1 aromatic carbocycles. The number of hydrogen-bond acceptors (Lipinski definition) is 3. The second-order valence-corrected chi connectivity index (χ2v) is 3.86. The quantitative estimate of drug-likeness (QED) is 0.820. The molecule has 1 heterocycles. The first-order valence-electron chi connectivity index (χ1n) is 4.70. The minimum absolute atomic E-state index is 0.0226. The van der Waals surface area contributed by atoms with Gasteiger partial charge in [0.05, 0.1) is 5.69 Å². The third-order valence-corrected chi connectivity index (χ3v) is 2.42. The Hall–Kier alpha value is -1.81. The Labute approximate surface area is 97.3 Å². The first-order chi connectivity index (χ1) is 7.58. The predicted molar refractivity (Wildman–Crippen MR) is 64.0 cm³/mol. The summed E-state index contributed by atoms with van der Waals surface area (Å²) in [6.07, 6.45) is 0. The Morgan fingerprint density at radius 3 is 2.81 bits per heavy atom. The van der Waals surface area contributed by atoms with Crippen LogP contribution in [0.5, 0.6) is 0 Å². The molecule has 0 unspecified atom stereocenters. The van der Waals surface area contributed by atoms with E-state index in [1.165, 1.54) is 6.07 Å². The number of aromatic nitrogens is 2. The fraction of sp³-hybridized carbons (Fsp3) is 0.0909. The summed E-state index contributed by atoms with van der Waals surface area (Å²) in [5.41, 5.74) is 6.70. The van der Waals surface area contributed by atoms with Gasteiger partial charge in [0.25, 0.3) is 0 Å². The molecule has 0 saturated heterocycles. The minimum atomic E-state index is -0.268. The first-order valence-corrected chi connectivity index (χ1v) is 5.08. The van der Waals surface area contributed by atoms with Crippen LogP contribution in [0.15, 0.2) is 35.1 Å². The molecular formula is C11H10ClN3O. The van der Waals surface area contributed by atoms with Crippen LogP contribution in [0.25, 0.3) is 5.69 Å². The van der Waals surface area contributed by atoms with Crippen LogP contribution in [-0.4, -0.2) is 9.78 Å². The molecule has 0 amide bonds. The van der Waals surface area contributed by atoms with Gasteiger partial charge in [0.1, 0.15) is 0 Å². The Kier molecular flexibility index (Phi) is 2.66. The fourth-order valence-electron chi connectivity index (χ4n) is 1.43. The number of aryl methyl sites for hydroxylation is 1. The van der Waals surface area contributed by atoms with Gasteiger partial charge in [0.2, 0.25) is 5.43 Å². The van der Waals surface area contributed by atoms with Crippen LogP contribution in [0.1, 0.15) is 5.69 Å². The summed E-state index contributed by atoms with van der Waals surface area (Å²) in [4.78, 5) is 11.3. The molecule has 2 N–H and O–H groups in total. The van der Waals surface area contributed by atoms with E-state index < -0.39 is 0 Å². The lowest BCUT2D eigenvalue weighted by molar-refractivity contribution is 0.808. The molecule has 2 rings (SSSR count). The highest BCUT2D eigenvalue weighted by atomic mass is 35.5. The molecule has 16 heavy (non-hydrogen) atoms. The highest BCUT2D eigenvalue weighted by Crippen LogP contribution is 2.15. The van der Waals surface area contributed by atoms with Gasteiger partial charge >= 0.3 is 0 Å². The van der Waals surface area contributed by atoms with Crippen molar-refractivity contribution in [3.8, 4) is 5.69 Å². The lowest BCUT2D eigenvalue weighted by Crippen LogP contribution is -2.17. The number of nitrogens with zero attached hydrogens (tertiary/aromatic N) is 2. The molecule has 1 aromatic heterocycles. The van der Waals surface area contributed by atoms with Gasteiger partial charge in [-0.05, 0) is 25.1 Å². The van der Waals surface area contributed by atoms with Crippen molar-refractivity contribution in [1.82, 2.24) is 9.78 Å². The molecule has 0 radical (unpaired) electrons. The average Bonchev–Trinajstić information content (AvgIpc) is 2.23. The number of nitrogen functional groups attached to an aromatic ring is 1. The number of rotatable bonds is 1. The highest BCUT2D eigenvalue weighted by molar-refractivity contribution is 6.30. The summed E-state index contributed by atoms with van der Waals surface area (Å²) in [6, 6.07) is 8.63. The molecule has 0 saturated carbocycles. The summed E-state index contributed by atoms with van der Waals surface area (Å²) in [5.74, 6) is -0.0226. The van der Waals surface area contributed by atoms with Gasteiger partial charge in [-0.15, -0.1) is 5.10 Å². The SMILES string of the molecule is Cc1cc(=O)c(N)nn1-c1cccc(Cl)c1. The predicted octanol–water partition coefficient (Wildman–Crippen LogP) is 1.78. The van der Waals surface area contributed by atoms with Crippen molar-refractivity contribution in [2.75, 3.05) is 5.73 Å². The summed E-state index contributed by atoms with van der Waals surface area (Å²) < 4.78 is 1.59. The minimum Gasteiger partial charge on any atom is -0.379 e. The van der Waals surface area contributed by atoms with Gasteiger partial charge in [0.15, 0.2) is 5.82 Å². The standard InChI is InChI=1S/C11H10ClN3O/c1-7-5-10(16)11(13)14-15(7)9-4-2-3-8(12)6-9/h2-6H,1H3,(H2,13,14). The van der Waals surface area contributed by atoms with Crippen molar-refractivity contribution in [3.63, 3.8) is 0 Å². The summed E-state index contributed by atoms with van der Waals surface area (Å²) in [7, 11) is 0. The molecule has 0 atom stereocenters. The molecule has 0 aliphatic heterocycles. The lowest BCUT2D eigenvalue weighted by atomic mass is 10.3. The average molecular weight is 236 g/mol. The second kappa shape index (κ2) is 3.98. The maximum atomic E-state index is 11.3. The topological polar surface area (TPSA) is 60.9 Å². The van der Waals surface area contributed by atoms with Gasteiger partial charge in [-0.2, -0.15) is 0 Å². The van der Waals surface area contributed by atoms with Crippen LogP contribution in [0.2, 0.25) is 5.02 Å². The van der Waals surface area contributed by atoms with E-state index in [4.69, 9.17) is 17.3 Å². The fourth-order valence-corrected chi connectivity index (χ4v) is 1.61. The van der Waals surface area contributed by atoms with Crippen molar-refractivity contribution in [2.24, 2.45) is 0 Å². The monoisotopic (exact) mass is 235 g/mol. The zero-order valence-corrected chi connectivity index (χ0v) is 9.40. The van der Waals surface area contributed by atoms with Crippen LogP contribution in [-0.2, 0) is 0 Å². The van der Waals surface area contributed by atoms with E-state index in [-0.39, 0.29) is 11.2 Å². The van der Waals surface area contributed by atoms with Crippen molar-refractivity contribution >= 4 is 17.4 Å². The molecule has 0 aliphatic rings. The lowest BCUT2D eigenvalue weighted by Gasteiger charge is -2.09. The van der Waals surface area contributed by atoms with E-state index in [1.807, 2.05) is 12.1 Å². The molecule has 0 spiro atoms. The molecule has 0 bridgehead atoms. The zero-order chi connectivity index (χ0) is 11.7. The zero-order valence-electron chi connectivity index (χ0n) is 8.64. The Balaban J connectivity index is 2.65. The van der Waals surface area contributed by atoms with Crippen LogP contribution in [0.3, 0.4) is 0 Å².